The predicted molar refractivity (Wildman–Crippen MR) is 94.1 cm³/mol. The quantitative estimate of drug-likeness (QED) is 0.677. The number of rotatable bonds is 4. The van der Waals surface area contributed by atoms with Gasteiger partial charge in [-0.2, -0.15) is 18.4 Å². The third-order valence-electron chi connectivity index (χ3n) is 3.93. The van der Waals surface area contributed by atoms with Gasteiger partial charge in [0.05, 0.1) is 5.56 Å². The van der Waals surface area contributed by atoms with Crippen LogP contribution in [-0.4, -0.2) is 48.6 Å². The average molecular weight is 418 g/mol. The molecule has 1 aromatic rings. The second-order valence-corrected chi connectivity index (χ2v) is 7.58. The first kappa shape index (κ1) is 22.6. The summed E-state index contributed by atoms with van der Waals surface area (Å²) in [6.45, 7) is 4.32. The number of piperidine rings is 1. The smallest absolute Gasteiger partial charge is 0.422 e. The monoisotopic (exact) mass is 418 g/mol. The van der Waals surface area contributed by atoms with E-state index in [0.717, 1.165) is 12.1 Å². The van der Waals surface area contributed by atoms with Gasteiger partial charge in [-0.05, 0) is 26.8 Å². The van der Waals surface area contributed by atoms with Gasteiger partial charge in [0.25, 0.3) is 0 Å². The summed E-state index contributed by atoms with van der Waals surface area (Å²) in [5.41, 5.74) is -0.984. The van der Waals surface area contributed by atoms with E-state index in [1.54, 1.807) is 26.8 Å². The zero-order valence-corrected chi connectivity index (χ0v) is 16.3. The third kappa shape index (κ3) is 7.00. The summed E-state index contributed by atoms with van der Waals surface area (Å²) < 4.78 is 66.8. The number of halogens is 4. The van der Waals surface area contributed by atoms with Crippen LogP contribution in [0.3, 0.4) is 0 Å². The fourth-order valence-electron chi connectivity index (χ4n) is 2.65. The minimum atomic E-state index is -4.60. The lowest BCUT2D eigenvalue weighted by Crippen LogP contribution is -2.44. The summed E-state index contributed by atoms with van der Waals surface area (Å²) in [6, 6.07) is 3.31. The Bertz CT molecular complexity index is 776. The number of hydrogen-bond donors (Lipinski definition) is 0. The van der Waals surface area contributed by atoms with Crippen molar-refractivity contribution >= 4 is 6.09 Å². The van der Waals surface area contributed by atoms with Gasteiger partial charge in [0.2, 0.25) is 0 Å². The Morgan fingerprint density at radius 1 is 1.21 bits per heavy atom. The number of nitrogens with zero attached hydrogens (tertiary/aromatic N) is 2. The van der Waals surface area contributed by atoms with Crippen LogP contribution in [0.1, 0.15) is 39.2 Å². The predicted octanol–water partition coefficient (Wildman–Crippen LogP) is 4.42. The molecule has 0 saturated carbocycles. The maximum absolute atomic E-state index is 14.2. The second kappa shape index (κ2) is 8.76. The number of hydrogen-bond acceptors (Lipinski definition) is 5. The highest BCUT2D eigenvalue weighted by Crippen LogP contribution is 2.31. The van der Waals surface area contributed by atoms with Crippen LogP contribution in [0, 0.1) is 17.1 Å². The normalized spacial score (nSPS) is 15.6. The van der Waals surface area contributed by atoms with Crippen LogP contribution < -0.4 is 9.47 Å². The summed E-state index contributed by atoms with van der Waals surface area (Å²) in [5.74, 6) is -1.60. The average Bonchev–Trinajstić information content (AvgIpc) is 2.60. The highest BCUT2D eigenvalue weighted by atomic mass is 19.4. The van der Waals surface area contributed by atoms with Crippen LogP contribution in [0.2, 0.25) is 0 Å². The summed E-state index contributed by atoms with van der Waals surface area (Å²) in [4.78, 5) is 13.6. The second-order valence-electron chi connectivity index (χ2n) is 7.58. The maximum Gasteiger partial charge on any atom is 0.422 e. The fourth-order valence-corrected chi connectivity index (χ4v) is 2.65. The largest absolute Gasteiger partial charge is 0.487 e. The molecule has 6 nitrogen and oxygen atoms in total. The van der Waals surface area contributed by atoms with Crippen molar-refractivity contribution in [3.63, 3.8) is 0 Å². The maximum atomic E-state index is 14.2. The number of carbonyl (C=O) groups is 1. The molecule has 10 heteroatoms. The van der Waals surface area contributed by atoms with Gasteiger partial charge >= 0.3 is 12.3 Å². The molecule has 0 bridgehead atoms. The van der Waals surface area contributed by atoms with Gasteiger partial charge in [0, 0.05) is 32.0 Å². The van der Waals surface area contributed by atoms with E-state index in [0.29, 0.717) is 25.9 Å². The Hall–Kier alpha value is -2.70. The molecule has 1 amide bonds. The van der Waals surface area contributed by atoms with E-state index >= 15 is 0 Å². The van der Waals surface area contributed by atoms with Crippen molar-refractivity contribution in [3.8, 4) is 17.6 Å². The van der Waals surface area contributed by atoms with Crippen LogP contribution in [-0.2, 0) is 4.74 Å². The van der Waals surface area contributed by atoms with Crippen molar-refractivity contribution in [1.29, 1.82) is 5.26 Å². The van der Waals surface area contributed by atoms with Crippen molar-refractivity contribution < 1.29 is 36.6 Å². The minimum absolute atomic E-state index is 0.308. The molecule has 1 fully saturated rings. The third-order valence-corrected chi connectivity index (χ3v) is 3.93. The summed E-state index contributed by atoms with van der Waals surface area (Å²) >= 11 is 0. The van der Waals surface area contributed by atoms with Gasteiger partial charge in [-0.3, -0.25) is 0 Å². The van der Waals surface area contributed by atoms with E-state index < -0.39 is 42.1 Å². The molecule has 29 heavy (non-hydrogen) atoms. The molecule has 1 heterocycles. The molecule has 2 rings (SSSR count). The van der Waals surface area contributed by atoms with Gasteiger partial charge in [0.1, 0.15) is 23.5 Å². The standard InChI is InChI=1S/C19H22F4N2O4/c1-18(2,3)29-17(26)25-6-4-13(5-7-25)28-16-9-15(27-11-19(21,22)23)12(10-24)8-14(16)20/h8-9,13H,4-7,11H2,1-3H3. The van der Waals surface area contributed by atoms with Crippen LogP contribution in [0.5, 0.6) is 11.5 Å². The Labute approximate surface area is 165 Å². The Balaban J connectivity index is 2.02. The number of carbonyl (C=O) groups excluding carboxylic acids is 1. The summed E-state index contributed by atoms with van der Waals surface area (Å²) in [7, 11) is 0. The van der Waals surface area contributed by atoms with Crippen LogP contribution >= 0.6 is 0 Å². The van der Waals surface area contributed by atoms with Crippen molar-refractivity contribution in [2.75, 3.05) is 19.7 Å². The molecule has 1 aliphatic heterocycles. The topological polar surface area (TPSA) is 71.8 Å². The first-order valence-electron chi connectivity index (χ1n) is 8.96. The Morgan fingerprint density at radius 2 is 1.83 bits per heavy atom. The molecule has 0 unspecified atom stereocenters. The lowest BCUT2D eigenvalue weighted by molar-refractivity contribution is -0.153. The number of nitriles is 1. The van der Waals surface area contributed by atoms with Crippen molar-refractivity contribution in [2.45, 2.75) is 51.5 Å². The number of ether oxygens (including phenoxy) is 3. The molecule has 160 valence electrons. The van der Waals surface area contributed by atoms with Crippen molar-refractivity contribution in [3.05, 3.63) is 23.5 Å². The summed E-state index contributed by atoms with van der Waals surface area (Å²) in [6.07, 6.45) is -4.74. The van der Waals surface area contributed by atoms with Gasteiger partial charge < -0.3 is 19.1 Å². The van der Waals surface area contributed by atoms with Gasteiger partial charge in [0.15, 0.2) is 18.2 Å². The first-order valence-corrected chi connectivity index (χ1v) is 8.96. The number of benzene rings is 1. The SMILES string of the molecule is CC(C)(C)OC(=O)N1CCC(Oc2cc(OCC(F)(F)F)c(C#N)cc2F)CC1. The molecule has 0 aromatic heterocycles. The van der Waals surface area contributed by atoms with Gasteiger partial charge in [-0.1, -0.05) is 0 Å². The molecule has 1 saturated heterocycles. The van der Waals surface area contributed by atoms with E-state index in [2.05, 4.69) is 4.74 Å². The Kier molecular flexibility index (Phi) is 6.82. The molecule has 0 aliphatic carbocycles. The van der Waals surface area contributed by atoms with Crippen LogP contribution in [0.15, 0.2) is 12.1 Å². The molecule has 0 spiro atoms. The number of likely N-dealkylation sites (tertiary alicyclic amines) is 1. The molecular formula is C19H22F4N2O4. The van der Waals surface area contributed by atoms with E-state index in [9.17, 15) is 22.4 Å². The van der Waals surface area contributed by atoms with E-state index in [-0.39, 0.29) is 11.3 Å². The van der Waals surface area contributed by atoms with Crippen molar-refractivity contribution in [2.24, 2.45) is 0 Å². The zero-order valence-electron chi connectivity index (χ0n) is 16.3. The molecule has 1 aliphatic rings. The number of amides is 1. The van der Waals surface area contributed by atoms with Gasteiger partial charge in [-0.25, -0.2) is 9.18 Å². The molecular weight excluding hydrogens is 396 g/mol. The van der Waals surface area contributed by atoms with Crippen LogP contribution in [0.4, 0.5) is 22.4 Å². The molecule has 1 aromatic carbocycles. The highest BCUT2D eigenvalue weighted by molar-refractivity contribution is 5.68. The summed E-state index contributed by atoms with van der Waals surface area (Å²) in [5, 5.41) is 8.98. The van der Waals surface area contributed by atoms with E-state index in [1.807, 2.05) is 0 Å². The minimum Gasteiger partial charge on any atom is -0.487 e. The fraction of sp³-hybridized carbons (Fsp3) is 0.579. The number of alkyl halides is 3. The lowest BCUT2D eigenvalue weighted by Gasteiger charge is -2.33. The lowest BCUT2D eigenvalue weighted by atomic mass is 10.1. The molecule has 0 atom stereocenters. The first-order chi connectivity index (χ1) is 13.4. The highest BCUT2D eigenvalue weighted by Gasteiger charge is 2.30. The molecule has 0 radical (unpaired) electrons. The zero-order chi connectivity index (χ0) is 21.8. The van der Waals surface area contributed by atoms with E-state index in [1.165, 1.54) is 4.90 Å². The van der Waals surface area contributed by atoms with Crippen LogP contribution in [0.25, 0.3) is 0 Å². The van der Waals surface area contributed by atoms with E-state index in [4.69, 9.17) is 14.7 Å². The van der Waals surface area contributed by atoms with Crippen molar-refractivity contribution in [1.82, 2.24) is 4.90 Å². The van der Waals surface area contributed by atoms with Gasteiger partial charge in [-0.15, -0.1) is 0 Å². The Morgan fingerprint density at radius 3 is 2.34 bits per heavy atom. The molecule has 0 N–H and O–H groups in total.